The third-order valence-corrected chi connectivity index (χ3v) is 1.49. The highest BCUT2D eigenvalue weighted by molar-refractivity contribution is 5.74. The van der Waals surface area contributed by atoms with Crippen LogP contribution < -0.4 is 0 Å². The van der Waals surface area contributed by atoms with Crippen LogP contribution in [0.15, 0.2) is 18.5 Å². The van der Waals surface area contributed by atoms with E-state index in [1.807, 2.05) is 0 Å². The first kappa shape index (κ1) is 9.60. The molecular formula is C8H8FNO3. The molecule has 1 N–H and O–H groups in total. The summed E-state index contributed by atoms with van der Waals surface area (Å²) in [5.41, 5.74) is 0.190. The van der Waals surface area contributed by atoms with Gasteiger partial charge in [0.05, 0.1) is 6.20 Å². The molecule has 1 rings (SSSR count). The van der Waals surface area contributed by atoms with Gasteiger partial charge >= 0.3 is 5.97 Å². The zero-order chi connectivity index (χ0) is 9.84. The van der Waals surface area contributed by atoms with E-state index in [1.54, 1.807) is 0 Å². The largest absolute Gasteiger partial charge is 0.479 e. The number of ether oxygens (including phenoxy) is 1. The number of aromatic nitrogens is 1. The van der Waals surface area contributed by atoms with Gasteiger partial charge in [-0.2, -0.15) is 0 Å². The summed E-state index contributed by atoms with van der Waals surface area (Å²) < 4.78 is 17.3. The van der Waals surface area contributed by atoms with E-state index in [0.29, 0.717) is 0 Å². The number of hydrogen-bond donors (Lipinski definition) is 1. The van der Waals surface area contributed by atoms with Crippen LogP contribution in [0.3, 0.4) is 0 Å². The first-order chi connectivity index (χ1) is 6.15. The molecule has 1 aromatic rings. The van der Waals surface area contributed by atoms with Crippen molar-refractivity contribution >= 4 is 5.97 Å². The highest BCUT2D eigenvalue weighted by atomic mass is 19.1. The minimum atomic E-state index is -1.17. The van der Waals surface area contributed by atoms with Crippen LogP contribution in [0.2, 0.25) is 0 Å². The lowest BCUT2D eigenvalue weighted by Gasteiger charge is -2.09. The van der Waals surface area contributed by atoms with Crippen molar-refractivity contribution in [3.63, 3.8) is 0 Å². The Kier molecular flexibility index (Phi) is 2.92. The number of carboxylic acids is 1. The van der Waals surface area contributed by atoms with Crippen molar-refractivity contribution in [2.24, 2.45) is 0 Å². The number of halogens is 1. The molecule has 5 heteroatoms. The summed E-state index contributed by atoms with van der Waals surface area (Å²) >= 11 is 0. The van der Waals surface area contributed by atoms with Gasteiger partial charge in [-0.15, -0.1) is 0 Å². The number of rotatable bonds is 3. The standard InChI is InChI=1S/C8H8FNO3/c1-13-7(8(11)12)5-2-6(9)4-10-3-5/h2-4,7H,1H3,(H,11,12)/t7-/m1/s1. The van der Waals surface area contributed by atoms with E-state index in [4.69, 9.17) is 5.11 Å². The molecule has 0 aromatic carbocycles. The molecule has 0 saturated carbocycles. The van der Waals surface area contributed by atoms with Crippen molar-refractivity contribution in [1.82, 2.24) is 4.98 Å². The molecule has 0 aliphatic rings. The molecule has 0 fully saturated rings. The predicted octanol–water partition coefficient (Wildman–Crippen LogP) is 0.993. The summed E-state index contributed by atoms with van der Waals surface area (Å²) in [6.07, 6.45) is 1.09. The monoisotopic (exact) mass is 185 g/mol. The molecule has 0 aliphatic carbocycles. The van der Waals surface area contributed by atoms with Crippen molar-refractivity contribution in [1.29, 1.82) is 0 Å². The minimum Gasteiger partial charge on any atom is -0.479 e. The number of carbonyl (C=O) groups is 1. The molecule has 0 spiro atoms. The van der Waals surface area contributed by atoms with E-state index in [0.717, 1.165) is 12.3 Å². The van der Waals surface area contributed by atoms with Crippen LogP contribution in [-0.2, 0) is 9.53 Å². The molecule has 1 heterocycles. The molecule has 0 amide bonds. The van der Waals surface area contributed by atoms with E-state index in [-0.39, 0.29) is 5.56 Å². The maximum Gasteiger partial charge on any atom is 0.337 e. The molecule has 0 radical (unpaired) electrons. The number of methoxy groups -OCH3 is 1. The highest BCUT2D eigenvalue weighted by Crippen LogP contribution is 2.16. The van der Waals surface area contributed by atoms with Gasteiger partial charge in [0.25, 0.3) is 0 Å². The lowest BCUT2D eigenvalue weighted by molar-refractivity contribution is -0.148. The van der Waals surface area contributed by atoms with Crippen LogP contribution >= 0.6 is 0 Å². The number of carboxylic acid groups (broad SMARTS) is 1. The Bertz CT molecular complexity index is 316. The van der Waals surface area contributed by atoms with Gasteiger partial charge in [0.2, 0.25) is 0 Å². The number of aliphatic carboxylic acids is 1. The second-order valence-corrected chi connectivity index (χ2v) is 2.39. The Morgan fingerprint density at radius 2 is 2.38 bits per heavy atom. The van der Waals surface area contributed by atoms with Crippen molar-refractivity contribution in [3.05, 3.63) is 29.8 Å². The van der Waals surface area contributed by atoms with Crippen molar-refractivity contribution in [2.75, 3.05) is 7.11 Å². The molecule has 0 unspecified atom stereocenters. The van der Waals surface area contributed by atoms with Crippen molar-refractivity contribution < 1.29 is 19.0 Å². The summed E-state index contributed by atoms with van der Waals surface area (Å²) in [4.78, 5) is 14.1. The molecule has 13 heavy (non-hydrogen) atoms. The fourth-order valence-electron chi connectivity index (χ4n) is 0.951. The zero-order valence-electron chi connectivity index (χ0n) is 6.90. The van der Waals surface area contributed by atoms with Gasteiger partial charge in [-0.05, 0) is 6.07 Å². The number of nitrogens with zero attached hydrogens (tertiary/aromatic N) is 1. The topological polar surface area (TPSA) is 59.4 Å². The SMILES string of the molecule is CO[C@@H](C(=O)O)c1cncc(F)c1. The minimum absolute atomic E-state index is 0.190. The molecule has 1 atom stereocenters. The van der Waals surface area contributed by atoms with Gasteiger partial charge in [0.15, 0.2) is 6.10 Å². The van der Waals surface area contributed by atoms with Crippen LogP contribution in [0.4, 0.5) is 4.39 Å². The Morgan fingerprint density at radius 1 is 1.69 bits per heavy atom. The van der Waals surface area contributed by atoms with Crippen LogP contribution in [0.5, 0.6) is 0 Å². The van der Waals surface area contributed by atoms with E-state index in [9.17, 15) is 9.18 Å². The molecule has 0 aliphatic heterocycles. The van der Waals surface area contributed by atoms with Crippen LogP contribution in [-0.4, -0.2) is 23.2 Å². The maximum atomic E-state index is 12.6. The second kappa shape index (κ2) is 3.95. The molecule has 1 aromatic heterocycles. The first-order valence-electron chi connectivity index (χ1n) is 3.51. The number of pyridine rings is 1. The predicted molar refractivity (Wildman–Crippen MR) is 41.6 cm³/mol. The third kappa shape index (κ3) is 2.22. The van der Waals surface area contributed by atoms with E-state index < -0.39 is 17.9 Å². The smallest absolute Gasteiger partial charge is 0.337 e. The van der Waals surface area contributed by atoms with Crippen LogP contribution in [0.1, 0.15) is 11.7 Å². The summed E-state index contributed by atoms with van der Waals surface area (Å²) in [6.45, 7) is 0. The summed E-state index contributed by atoms with van der Waals surface area (Å²) in [5, 5.41) is 8.64. The molecule has 70 valence electrons. The molecule has 0 bridgehead atoms. The zero-order valence-corrected chi connectivity index (χ0v) is 6.90. The van der Waals surface area contributed by atoms with E-state index in [2.05, 4.69) is 9.72 Å². The molecule has 4 nitrogen and oxygen atoms in total. The van der Waals surface area contributed by atoms with Crippen molar-refractivity contribution in [3.8, 4) is 0 Å². The quantitative estimate of drug-likeness (QED) is 0.762. The average Bonchev–Trinajstić information content (AvgIpc) is 2.04. The normalized spacial score (nSPS) is 12.5. The third-order valence-electron chi connectivity index (χ3n) is 1.49. The summed E-state index contributed by atoms with van der Waals surface area (Å²) in [6, 6.07) is 1.08. The van der Waals surface area contributed by atoms with E-state index >= 15 is 0 Å². The summed E-state index contributed by atoms with van der Waals surface area (Å²) in [5.74, 6) is -1.75. The van der Waals surface area contributed by atoms with Gasteiger partial charge in [-0.1, -0.05) is 0 Å². The Morgan fingerprint density at radius 3 is 2.85 bits per heavy atom. The first-order valence-corrected chi connectivity index (χ1v) is 3.51. The van der Waals surface area contributed by atoms with Gasteiger partial charge in [0.1, 0.15) is 5.82 Å². The van der Waals surface area contributed by atoms with Crippen molar-refractivity contribution in [2.45, 2.75) is 6.10 Å². The summed E-state index contributed by atoms with van der Waals surface area (Å²) in [7, 11) is 1.24. The fraction of sp³-hybridized carbons (Fsp3) is 0.250. The highest BCUT2D eigenvalue weighted by Gasteiger charge is 2.19. The van der Waals surface area contributed by atoms with Crippen LogP contribution in [0, 0.1) is 5.82 Å². The second-order valence-electron chi connectivity index (χ2n) is 2.39. The molecular weight excluding hydrogens is 177 g/mol. The Labute approximate surface area is 74.0 Å². The van der Waals surface area contributed by atoms with Gasteiger partial charge < -0.3 is 9.84 Å². The lowest BCUT2D eigenvalue weighted by atomic mass is 10.1. The van der Waals surface area contributed by atoms with Crippen LogP contribution in [0.25, 0.3) is 0 Å². The Balaban J connectivity index is 2.98. The number of hydrogen-bond acceptors (Lipinski definition) is 3. The van der Waals surface area contributed by atoms with E-state index in [1.165, 1.54) is 13.3 Å². The van der Waals surface area contributed by atoms with Gasteiger partial charge in [0, 0.05) is 18.9 Å². The average molecular weight is 185 g/mol. The Hall–Kier alpha value is -1.49. The molecule has 0 saturated heterocycles. The van der Waals surface area contributed by atoms with Gasteiger partial charge in [-0.25, -0.2) is 9.18 Å². The van der Waals surface area contributed by atoms with Gasteiger partial charge in [-0.3, -0.25) is 4.98 Å². The fourth-order valence-corrected chi connectivity index (χ4v) is 0.951. The maximum absolute atomic E-state index is 12.6. The lowest BCUT2D eigenvalue weighted by Crippen LogP contribution is -2.13.